The summed E-state index contributed by atoms with van der Waals surface area (Å²) in [6.07, 6.45) is 1.40. The van der Waals surface area contributed by atoms with E-state index in [-0.39, 0.29) is 16.7 Å². The number of aromatic hydroxyl groups is 1. The van der Waals surface area contributed by atoms with Gasteiger partial charge in [-0.1, -0.05) is 32.0 Å². The molecule has 0 atom stereocenters. The SMILES string of the molecule is COCCOCC(C)(C)c1ccc(NC(=O)c2c[nH]c3ccccc3c2=O)cc1O. The van der Waals surface area contributed by atoms with Crippen molar-refractivity contribution in [3.63, 3.8) is 0 Å². The smallest absolute Gasteiger partial charge is 0.261 e. The molecule has 1 amide bonds. The van der Waals surface area contributed by atoms with Crippen LogP contribution >= 0.6 is 0 Å². The highest BCUT2D eigenvalue weighted by atomic mass is 16.5. The number of phenols is 1. The van der Waals surface area contributed by atoms with E-state index in [2.05, 4.69) is 10.3 Å². The van der Waals surface area contributed by atoms with Gasteiger partial charge in [-0.15, -0.1) is 0 Å². The molecule has 1 aromatic heterocycles. The molecule has 0 unspecified atom stereocenters. The zero-order valence-electron chi connectivity index (χ0n) is 17.3. The van der Waals surface area contributed by atoms with Crippen molar-refractivity contribution in [1.82, 2.24) is 4.98 Å². The number of hydrogen-bond donors (Lipinski definition) is 3. The summed E-state index contributed by atoms with van der Waals surface area (Å²) in [5.74, 6) is -0.503. The van der Waals surface area contributed by atoms with Crippen LogP contribution in [0.15, 0.2) is 53.5 Å². The van der Waals surface area contributed by atoms with E-state index < -0.39 is 11.3 Å². The van der Waals surface area contributed by atoms with Crippen molar-refractivity contribution in [1.29, 1.82) is 0 Å². The van der Waals surface area contributed by atoms with Gasteiger partial charge in [0.1, 0.15) is 11.3 Å². The van der Waals surface area contributed by atoms with E-state index in [9.17, 15) is 14.7 Å². The summed E-state index contributed by atoms with van der Waals surface area (Å²) >= 11 is 0. The molecule has 0 saturated heterocycles. The molecule has 0 fully saturated rings. The van der Waals surface area contributed by atoms with E-state index >= 15 is 0 Å². The molecular formula is C23H26N2O5. The third-order valence-corrected chi connectivity index (χ3v) is 4.91. The van der Waals surface area contributed by atoms with Crippen molar-refractivity contribution in [3.8, 4) is 5.75 Å². The first-order chi connectivity index (χ1) is 14.3. The Morgan fingerprint density at radius 1 is 1.17 bits per heavy atom. The van der Waals surface area contributed by atoms with Gasteiger partial charge in [0.05, 0.1) is 19.8 Å². The van der Waals surface area contributed by atoms with Crippen LogP contribution in [0.2, 0.25) is 0 Å². The second-order valence-corrected chi connectivity index (χ2v) is 7.69. The Morgan fingerprint density at radius 2 is 1.93 bits per heavy atom. The molecule has 3 N–H and O–H groups in total. The predicted molar refractivity (Wildman–Crippen MR) is 116 cm³/mol. The molecule has 1 heterocycles. The van der Waals surface area contributed by atoms with Gasteiger partial charge in [0.25, 0.3) is 5.91 Å². The summed E-state index contributed by atoms with van der Waals surface area (Å²) in [6.45, 7) is 5.29. The molecule has 30 heavy (non-hydrogen) atoms. The van der Waals surface area contributed by atoms with Crippen LogP contribution in [0.5, 0.6) is 5.75 Å². The maximum atomic E-state index is 12.6. The van der Waals surface area contributed by atoms with Crippen molar-refractivity contribution < 1.29 is 19.4 Å². The van der Waals surface area contributed by atoms with Crippen molar-refractivity contribution in [2.24, 2.45) is 0 Å². The Balaban J connectivity index is 1.76. The summed E-state index contributed by atoms with van der Waals surface area (Å²) in [5, 5.41) is 13.6. The van der Waals surface area contributed by atoms with E-state index in [0.29, 0.717) is 42.0 Å². The van der Waals surface area contributed by atoms with Gasteiger partial charge in [-0.05, 0) is 18.2 Å². The van der Waals surface area contributed by atoms with Gasteiger partial charge in [0, 0.05) is 46.9 Å². The summed E-state index contributed by atoms with van der Waals surface area (Å²) in [4.78, 5) is 28.2. The third kappa shape index (κ3) is 4.69. The van der Waals surface area contributed by atoms with E-state index in [1.807, 2.05) is 19.9 Å². The number of para-hydroxylation sites is 1. The Labute approximate surface area is 174 Å². The van der Waals surface area contributed by atoms with Crippen LogP contribution in [-0.2, 0) is 14.9 Å². The van der Waals surface area contributed by atoms with Gasteiger partial charge in [-0.3, -0.25) is 9.59 Å². The van der Waals surface area contributed by atoms with Crippen molar-refractivity contribution in [2.75, 3.05) is 32.2 Å². The number of carbonyl (C=O) groups is 1. The highest BCUT2D eigenvalue weighted by Crippen LogP contribution is 2.33. The second kappa shape index (κ2) is 9.11. The third-order valence-electron chi connectivity index (χ3n) is 4.91. The number of methoxy groups -OCH3 is 1. The lowest BCUT2D eigenvalue weighted by molar-refractivity contribution is 0.0480. The maximum Gasteiger partial charge on any atom is 0.261 e. The number of H-pyrrole nitrogens is 1. The lowest BCUT2D eigenvalue weighted by Gasteiger charge is -2.26. The Hall–Kier alpha value is -3.16. The normalized spacial score (nSPS) is 11.6. The molecule has 0 aliphatic carbocycles. The lowest BCUT2D eigenvalue weighted by atomic mass is 9.84. The number of anilines is 1. The number of ether oxygens (including phenoxy) is 2. The molecule has 3 rings (SSSR count). The van der Waals surface area contributed by atoms with Crippen LogP contribution in [0.25, 0.3) is 10.9 Å². The molecule has 0 bridgehead atoms. The zero-order chi connectivity index (χ0) is 21.7. The van der Waals surface area contributed by atoms with Crippen molar-refractivity contribution in [3.05, 3.63) is 70.0 Å². The average molecular weight is 410 g/mol. The van der Waals surface area contributed by atoms with Gasteiger partial charge >= 0.3 is 0 Å². The number of aromatic amines is 1. The van der Waals surface area contributed by atoms with Crippen molar-refractivity contribution >= 4 is 22.5 Å². The Bertz CT molecular complexity index is 1100. The predicted octanol–water partition coefficient (Wildman–Crippen LogP) is 3.43. The number of aromatic nitrogens is 1. The minimum atomic E-state index is -0.545. The number of hydrogen-bond acceptors (Lipinski definition) is 5. The van der Waals surface area contributed by atoms with Crippen LogP contribution < -0.4 is 10.7 Å². The van der Waals surface area contributed by atoms with Crippen LogP contribution in [0.1, 0.15) is 29.8 Å². The minimum absolute atomic E-state index is 0.00383. The standard InChI is InChI=1S/C23H26N2O5/c1-23(2,14-30-11-10-29-3)18-9-8-15(12-20(18)26)25-22(28)17-13-24-19-7-5-4-6-16(19)21(17)27/h4-9,12-13,26H,10-11,14H2,1-3H3,(H,24,27)(H,25,28). The number of nitrogens with one attached hydrogen (secondary N) is 2. The molecule has 7 nitrogen and oxygen atoms in total. The first-order valence-corrected chi connectivity index (χ1v) is 9.65. The largest absolute Gasteiger partial charge is 0.508 e. The number of phenolic OH excluding ortho intramolecular Hbond substituents is 1. The molecule has 3 aromatic rings. The van der Waals surface area contributed by atoms with Gasteiger partial charge in [0.2, 0.25) is 5.43 Å². The summed E-state index contributed by atoms with van der Waals surface area (Å²) < 4.78 is 10.6. The number of carbonyl (C=O) groups excluding carboxylic acids is 1. The zero-order valence-corrected chi connectivity index (χ0v) is 17.3. The molecule has 0 radical (unpaired) electrons. The van der Waals surface area contributed by atoms with Gasteiger partial charge < -0.3 is 24.9 Å². The minimum Gasteiger partial charge on any atom is -0.508 e. The van der Waals surface area contributed by atoms with E-state index in [1.165, 1.54) is 12.3 Å². The average Bonchev–Trinajstić information content (AvgIpc) is 2.71. The molecular weight excluding hydrogens is 384 g/mol. The molecule has 0 aliphatic heterocycles. The van der Waals surface area contributed by atoms with E-state index in [0.717, 1.165) is 0 Å². The fourth-order valence-electron chi connectivity index (χ4n) is 3.26. The highest BCUT2D eigenvalue weighted by molar-refractivity contribution is 6.05. The molecule has 158 valence electrons. The second-order valence-electron chi connectivity index (χ2n) is 7.69. The number of rotatable bonds is 8. The molecule has 2 aromatic carbocycles. The van der Waals surface area contributed by atoms with Crippen molar-refractivity contribution in [2.45, 2.75) is 19.3 Å². The summed E-state index contributed by atoms with van der Waals surface area (Å²) in [5.41, 5.74) is 0.971. The Kier molecular flexibility index (Phi) is 6.54. The first-order valence-electron chi connectivity index (χ1n) is 9.65. The topological polar surface area (TPSA) is 101 Å². The first kappa shape index (κ1) is 21.5. The van der Waals surface area contributed by atoms with E-state index in [4.69, 9.17) is 9.47 Å². The van der Waals surface area contributed by atoms with Gasteiger partial charge in [-0.25, -0.2) is 0 Å². The highest BCUT2D eigenvalue weighted by Gasteiger charge is 2.25. The quantitative estimate of drug-likeness (QED) is 0.494. The van der Waals surface area contributed by atoms with Crippen LogP contribution in [0, 0.1) is 0 Å². The fraction of sp³-hybridized carbons (Fsp3) is 0.304. The molecule has 0 spiro atoms. The monoisotopic (exact) mass is 410 g/mol. The maximum absolute atomic E-state index is 12.6. The summed E-state index contributed by atoms with van der Waals surface area (Å²) in [7, 11) is 1.61. The van der Waals surface area contributed by atoms with Gasteiger partial charge in [-0.2, -0.15) is 0 Å². The van der Waals surface area contributed by atoms with Crippen LogP contribution in [0.4, 0.5) is 5.69 Å². The number of amides is 1. The van der Waals surface area contributed by atoms with Crippen LogP contribution in [0.3, 0.4) is 0 Å². The molecule has 0 saturated carbocycles. The summed E-state index contributed by atoms with van der Waals surface area (Å²) in [6, 6.07) is 11.9. The van der Waals surface area contributed by atoms with Crippen LogP contribution in [-0.4, -0.2) is 42.9 Å². The number of pyridine rings is 1. The number of fused-ring (bicyclic) bond motifs is 1. The molecule has 0 aliphatic rings. The van der Waals surface area contributed by atoms with Gasteiger partial charge in [0.15, 0.2) is 0 Å². The van der Waals surface area contributed by atoms with E-state index in [1.54, 1.807) is 37.4 Å². The Morgan fingerprint density at radius 3 is 2.67 bits per heavy atom. The number of benzene rings is 2. The fourth-order valence-corrected chi connectivity index (χ4v) is 3.26. The lowest BCUT2D eigenvalue weighted by Crippen LogP contribution is -2.26. The molecule has 7 heteroatoms.